The summed E-state index contributed by atoms with van der Waals surface area (Å²) in [5.41, 5.74) is 4.52. The average molecular weight is 391 g/mol. The molecule has 0 aliphatic rings. The van der Waals surface area contributed by atoms with E-state index in [0.29, 0.717) is 16.5 Å². The molecule has 0 saturated carbocycles. The number of hydrogen-bond donors (Lipinski definition) is 1. The highest BCUT2D eigenvalue weighted by Crippen LogP contribution is 2.26. The second-order valence-electron chi connectivity index (χ2n) is 6.61. The molecule has 0 bridgehead atoms. The van der Waals surface area contributed by atoms with Gasteiger partial charge < -0.3 is 9.73 Å². The van der Waals surface area contributed by atoms with E-state index >= 15 is 0 Å². The van der Waals surface area contributed by atoms with Gasteiger partial charge in [-0.25, -0.2) is 0 Å². The summed E-state index contributed by atoms with van der Waals surface area (Å²) in [5.74, 6) is 0.550. The molecule has 0 radical (unpaired) electrons. The monoisotopic (exact) mass is 390 g/mol. The number of anilines is 1. The van der Waals surface area contributed by atoms with Gasteiger partial charge in [-0.3, -0.25) is 4.79 Å². The fourth-order valence-electron chi connectivity index (χ4n) is 3.08. The summed E-state index contributed by atoms with van der Waals surface area (Å²) in [4.78, 5) is 12.6. The van der Waals surface area contributed by atoms with Gasteiger partial charge in [0.1, 0.15) is 23.2 Å². The molecule has 2 aromatic carbocycles. The third kappa shape index (κ3) is 4.33. The van der Waals surface area contributed by atoms with Gasteiger partial charge in [-0.1, -0.05) is 41.4 Å². The Morgan fingerprint density at radius 2 is 1.82 bits per heavy atom. The van der Waals surface area contributed by atoms with Gasteiger partial charge >= 0.3 is 0 Å². The number of furan rings is 1. The predicted octanol–water partition coefficient (Wildman–Crippen LogP) is 6.07. The minimum atomic E-state index is -0.474. The lowest BCUT2D eigenvalue weighted by atomic mass is 10.0. The maximum atomic E-state index is 12.6. The third-order valence-corrected chi connectivity index (χ3v) is 4.54. The van der Waals surface area contributed by atoms with E-state index in [2.05, 4.69) is 5.32 Å². The molecule has 0 spiro atoms. The minimum Gasteiger partial charge on any atom is -0.457 e. The van der Waals surface area contributed by atoms with Crippen molar-refractivity contribution < 1.29 is 9.21 Å². The lowest BCUT2D eigenvalue weighted by Gasteiger charge is -2.12. The van der Waals surface area contributed by atoms with Gasteiger partial charge in [0.15, 0.2) is 0 Å². The first-order valence-corrected chi connectivity index (χ1v) is 9.12. The van der Waals surface area contributed by atoms with Crippen molar-refractivity contribution >= 4 is 29.3 Å². The molecule has 1 N–H and O–H groups in total. The van der Waals surface area contributed by atoms with Gasteiger partial charge in [0.25, 0.3) is 5.91 Å². The molecule has 0 aliphatic carbocycles. The molecule has 3 rings (SSSR count). The normalized spacial score (nSPS) is 11.2. The van der Waals surface area contributed by atoms with E-state index in [1.807, 2.05) is 51.1 Å². The van der Waals surface area contributed by atoms with Crippen molar-refractivity contribution in [3.63, 3.8) is 0 Å². The van der Waals surface area contributed by atoms with Crippen molar-refractivity contribution in [3.05, 3.63) is 81.6 Å². The number of hydrogen-bond acceptors (Lipinski definition) is 3. The Labute approximate surface area is 169 Å². The van der Waals surface area contributed by atoms with E-state index in [0.717, 1.165) is 27.9 Å². The SMILES string of the molecule is Cc1cc(C)c(NC(=O)/C(C#N)=C\c2ccc(-c3cccc(Cl)c3)o2)c(C)c1. The molecule has 3 aromatic rings. The summed E-state index contributed by atoms with van der Waals surface area (Å²) >= 11 is 6.01. The van der Waals surface area contributed by atoms with Crippen LogP contribution in [0.25, 0.3) is 17.4 Å². The van der Waals surface area contributed by atoms with Crippen molar-refractivity contribution in [1.82, 2.24) is 0 Å². The Morgan fingerprint density at radius 1 is 1.11 bits per heavy atom. The second-order valence-corrected chi connectivity index (χ2v) is 7.05. The number of halogens is 1. The van der Waals surface area contributed by atoms with E-state index in [9.17, 15) is 10.1 Å². The molecule has 0 unspecified atom stereocenters. The van der Waals surface area contributed by atoms with Crippen LogP contribution in [0.1, 0.15) is 22.5 Å². The van der Waals surface area contributed by atoms with Crippen LogP contribution in [-0.4, -0.2) is 5.91 Å². The van der Waals surface area contributed by atoms with Crippen LogP contribution in [-0.2, 0) is 4.79 Å². The first-order valence-electron chi connectivity index (χ1n) is 8.74. The zero-order chi connectivity index (χ0) is 20.3. The van der Waals surface area contributed by atoms with Crippen molar-refractivity contribution in [2.24, 2.45) is 0 Å². The van der Waals surface area contributed by atoms with E-state index < -0.39 is 5.91 Å². The van der Waals surface area contributed by atoms with Crippen LogP contribution < -0.4 is 5.32 Å². The lowest BCUT2D eigenvalue weighted by molar-refractivity contribution is -0.112. The summed E-state index contributed by atoms with van der Waals surface area (Å²) in [6, 6.07) is 16.7. The van der Waals surface area contributed by atoms with Crippen molar-refractivity contribution in [3.8, 4) is 17.4 Å². The molecule has 28 heavy (non-hydrogen) atoms. The van der Waals surface area contributed by atoms with E-state index in [-0.39, 0.29) is 5.57 Å². The molecule has 1 heterocycles. The summed E-state index contributed by atoms with van der Waals surface area (Å²) in [6.07, 6.45) is 1.43. The van der Waals surface area contributed by atoms with Gasteiger partial charge in [-0.2, -0.15) is 5.26 Å². The summed E-state index contributed by atoms with van der Waals surface area (Å²) in [7, 11) is 0. The Bertz CT molecular complexity index is 1100. The third-order valence-electron chi connectivity index (χ3n) is 4.30. The van der Waals surface area contributed by atoms with Gasteiger partial charge in [0.2, 0.25) is 0 Å². The number of amides is 1. The number of nitrogens with zero attached hydrogens (tertiary/aromatic N) is 1. The van der Waals surface area contributed by atoms with Crippen LogP contribution in [0.5, 0.6) is 0 Å². The minimum absolute atomic E-state index is 0.0358. The molecule has 1 amide bonds. The zero-order valence-electron chi connectivity index (χ0n) is 15.8. The number of benzene rings is 2. The average Bonchev–Trinajstić information content (AvgIpc) is 3.11. The van der Waals surface area contributed by atoms with Crippen LogP contribution in [0, 0.1) is 32.1 Å². The quantitative estimate of drug-likeness (QED) is 0.434. The zero-order valence-corrected chi connectivity index (χ0v) is 16.6. The first-order chi connectivity index (χ1) is 13.4. The van der Waals surface area contributed by atoms with Gasteiger partial charge in [0, 0.05) is 22.3 Å². The van der Waals surface area contributed by atoms with Crippen molar-refractivity contribution in [1.29, 1.82) is 5.26 Å². The fraction of sp³-hybridized carbons (Fsp3) is 0.130. The number of carbonyl (C=O) groups is 1. The maximum Gasteiger partial charge on any atom is 0.266 e. The topological polar surface area (TPSA) is 66.0 Å². The van der Waals surface area contributed by atoms with Crippen LogP contribution in [0.2, 0.25) is 5.02 Å². The van der Waals surface area contributed by atoms with E-state index in [1.54, 1.807) is 24.3 Å². The molecule has 1 aromatic heterocycles. The summed E-state index contributed by atoms with van der Waals surface area (Å²) in [6.45, 7) is 5.85. The Morgan fingerprint density at radius 3 is 2.46 bits per heavy atom. The first kappa shape index (κ1) is 19.5. The molecule has 0 fully saturated rings. The molecule has 0 aliphatic heterocycles. The van der Waals surface area contributed by atoms with Crippen molar-refractivity contribution in [2.75, 3.05) is 5.32 Å². The lowest BCUT2D eigenvalue weighted by Crippen LogP contribution is -2.15. The number of nitrogens with one attached hydrogen (secondary N) is 1. The molecule has 0 atom stereocenters. The second kappa shape index (κ2) is 8.16. The van der Waals surface area contributed by atoms with Gasteiger partial charge in [-0.05, 0) is 56.2 Å². The van der Waals surface area contributed by atoms with Gasteiger partial charge in [0.05, 0.1) is 0 Å². The standard InChI is InChI=1S/C23H19ClN2O2/c1-14-9-15(2)22(16(3)10-14)26-23(27)18(13-25)12-20-7-8-21(28-20)17-5-4-6-19(24)11-17/h4-12H,1-3H3,(H,26,27)/b18-12-. The Balaban J connectivity index is 1.85. The van der Waals surface area contributed by atoms with Crippen LogP contribution in [0.4, 0.5) is 5.69 Å². The van der Waals surface area contributed by atoms with E-state index in [4.69, 9.17) is 16.0 Å². The molecule has 5 heteroatoms. The fourth-order valence-corrected chi connectivity index (χ4v) is 3.27. The molecule has 0 saturated heterocycles. The van der Waals surface area contributed by atoms with E-state index in [1.165, 1.54) is 6.08 Å². The van der Waals surface area contributed by atoms with Gasteiger partial charge in [-0.15, -0.1) is 0 Å². The summed E-state index contributed by atoms with van der Waals surface area (Å²) < 4.78 is 5.75. The number of aryl methyl sites for hydroxylation is 3. The molecular formula is C23H19ClN2O2. The van der Waals surface area contributed by atoms with Crippen molar-refractivity contribution in [2.45, 2.75) is 20.8 Å². The predicted molar refractivity (Wildman–Crippen MR) is 112 cm³/mol. The molecule has 140 valence electrons. The van der Waals surface area contributed by atoms with Crippen LogP contribution in [0.15, 0.2) is 58.5 Å². The highest BCUT2D eigenvalue weighted by atomic mass is 35.5. The molecule has 4 nitrogen and oxygen atoms in total. The highest BCUT2D eigenvalue weighted by molar-refractivity contribution is 6.30. The highest BCUT2D eigenvalue weighted by Gasteiger charge is 2.14. The number of nitriles is 1. The maximum absolute atomic E-state index is 12.6. The molecular weight excluding hydrogens is 372 g/mol. The smallest absolute Gasteiger partial charge is 0.266 e. The van der Waals surface area contributed by atoms with Crippen LogP contribution in [0.3, 0.4) is 0 Å². The largest absolute Gasteiger partial charge is 0.457 e. The Hall–Kier alpha value is -3.29. The summed E-state index contributed by atoms with van der Waals surface area (Å²) in [5, 5.41) is 12.9. The Kier molecular flexibility index (Phi) is 5.67. The number of rotatable bonds is 4. The van der Waals surface area contributed by atoms with Crippen LogP contribution >= 0.6 is 11.6 Å². The number of carbonyl (C=O) groups excluding carboxylic acids is 1.